The van der Waals surface area contributed by atoms with Crippen LogP contribution in [0.5, 0.6) is 0 Å². The van der Waals surface area contributed by atoms with Crippen LogP contribution in [-0.4, -0.2) is 32.5 Å². The number of alkyl halides is 3. The SMILES string of the molecule is Cc1nc2c(c(-c3cnoc3)n1)CCN(C(=O)c1cccc(C(F)(F)F)c1Cl)C2. The van der Waals surface area contributed by atoms with Crippen LogP contribution < -0.4 is 0 Å². The minimum Gasteiger partial charge on any atom is -0.364 e. The summed E-state index contributed by atoms with van der Waals surface area (Å²) in [6.45, 7) is 2.16. The molecule has 6 nitrogen and oxygen atoms in total. The molecule has 2 aromatic heterocycles. The molecule has 0 saturated carbocycles. The Kier molecular flexibility index (Phi) is 4.77. The van der Waals surface area contributed by atoms with E-state index in [1.54, 1.807) is 13.1 Å². The molecule has 0 radical (unpaired) electrons. The molecule has 4 rings (SSSR count). The smallest absolute Gasteiger partial charge is 0.364 e. The number of carbonyl (C=O) groups excluding carboxylic acids is 1. The van der Waals surface area contributed by atoms with Crippen molar-refractivity contribution in [3.63, 3.8) is 0 Å². The molecule has 0 fully saturated rings. The van der Waals surface area contributed by atoms with E-state index in [1.807, 2.05) is 0 Å². The van der Waals surface area contributed by atoms with Crippen molar-refractivity contribution in [1.82, 2.24) is 20.0 Å². The van der Waals surface area contributed by atoms with Gasteiger partial charge in [0.15, 0.2) is 0 Å². The number of fused-ring (bicyclic) bond motifs is 1. The quantitative estimate of drug-likeness (QED) is 0.615. The van der Waals surface area contributed by atoms with Crippen LogP contribution in [0.1, 0.15) is 33.0 Å². The number of hydrogen-bond acceptors (Lipinski definition) is 5. The zero-order valence-electron chi connectivity index (χ0n) is 15.1. The maximum Gasteiger partial charge on any atom is 0.417 e. The first kappa shape index (κ1) is 19.4. The molecule has 1 aliphatic heterocycles. The van der Waals surface area contributed by atoms with Crippen molar-refractivity contribution in [2.45, 2.75) is 26.1 Å². The molecule has 0 bridgehead atoms. The first-order valence-electron chi connectivity index (χ1n) is 8.67. The second-order valence-corrected chi connectivity index (χ2v) is 6.98. The highest BCUT2D eigenvalue weighted by molar-refractivity contribution is 6.34. The van der Waals surface area contributed by atoms with Crippen molar-refractivity contribution in [2.75, 3.05) is 6.54 Å². The van der Waals surface area contributed by atoms with Gasteiger partial charge in [0, 0.05) is 12.1 Å². The van der Waals surface area contributed by atoms with E-state index in [2.05, 4.69) is 15.1 Å². The van der Waals surface area contributed by atoms with E-state index in [0.29, 0.717) is 35.7 Å². The molecule has 0 atom stereocenters. The summed E-state index contributed by atoms with van der Waals surface area (Å²) < 4.78 is 44.2. The maximum absolute atomic E-state index is 13.1. The normalized spacial score (nSPS) is 14.0. The summed E-state index contributed by atoms with van der Waals surface area (Å²) in [5.41, 5.74) is 1.66. The van der Waals surface area contributed by atoms with E-state index in [-0.39, 0.29) is 12.1 Å². The Balaban J connectivity index is 1.67. The number of rotatable bonds is 2. The highest BCUT2D eigenvalue weighted by Gasteiger charge is 2.36. The minimum atomic E-state index is -4.64. The van der Waals surface area contributed by atoms with Crippen molar-refractivity contribution in [1.29, 1.82) is 0 Å². The lowest BCUT2D eigenvalue weighted by Crippen LogP contribution is -2.37. The molecule has 3 aromatic rings. The molecule has 1 aromatic carbocycles. The Morgan fingerprint density at radius 2 is 2.07 bits per heavy atom. The van der Waals surface area contributed by atoms with Crippen LogP contribution in [0, 0.1) is 6.92 Å². The van der Waals surface area contributed by atoms with Gasteiger partial charge in [0.1, 0.15) is 12.1 Å². The second-order valence-electron chi connectivity index (χ2n) is 6.60. The zero-order chi connectivity index (χ0) is 20.8. The van der Waals surface area contributed by atoms with Gasteiger partial charge < -0.3 is 9.42 Å². The number of aryl methyl sites for hydroxylation is 1. The molecule has 3 heterocycles. The van der Waals surface area contributed by atoms with Crippen LogP contribution in [0.4, 0.5) is 13.2 Å². The molecule has 0 aliphatic carbocycles. The van der Waals surface area contributed by atoms with Gasteiger partial charge in [0.2, 0.25) is 0 Å². The Morgan fingerprint density at radius 3 is 2.76 bits per heavy atom. The van der Waals surface area contributed by atoms with Crippen molar-refractivity contribution in [2.24, 2.45) is 0 Å². The Hall–Kier alpha value is -2.94. The fourth-order valence-corrected chi connectivity index (χ4v) is 3.69. The average Bonchev–Trinajstić information content (AvgIpc) is 3.20. The number of aromatic nitrogens is 3. The van der Waals surface area contributed by atoms with E-state index >= 15 is 0 Å². The fourth-order valence-electron chi connectivity index (χ4n) is 3.37. The molecular formula is C19H14ClF3N4O2. The lowest BCUT2D eigenvalue weighted by Gasteiger charge is -2.29. The van der Waals surface area contributed by atoms with Crippen molar-refractivity contribution in [3.05, 3.63) is 63.9 Å². The Morgan fingerprint density at radius 1 is 1.28 bits per heavy atom. The van der Waals surface area contributed by atoms with Crippen molar-refractivity contribution in [3.8, 4) is 11.3 Å². The number of hydrogen-bond donors (Lipinski definition) is 0. The fraction of sp³-hybridized carbons (Fsp3) is 0.263. The molecule has 150 valence electrons. The minimum absolute atomic E-state index is 0.141. The van der Waals surface area contributed by atoms with E-state index < -0.39 is 22.7 Å². The molecule has 0 N–H and O–H groups in total. The van der Waals surface area contributed by atoms with E-state index in [9.17, 15) is 18.0 Å². The topological polar surface area (TPSA) is 72.1 Å². The molecule has 29 heavy (non-hydrogen) atoms. The third kappa shape index (κ3) is 3.57. The van der Waals surface area contributed by atoms with Gasteiger partial charge in [-0.2, -0.15) is 13.2 Å². The van der Waals surface area contributed by atoms with Crippen LogP contribution in [0.3, 0.4) is 0 Å². The van der Waals surface area contributed by atoms with Gasteiger partial charge in [0.25, 0.3) is 5.91 Å². The lowest BCUT2D eigenvalue weighted by molar-refractivity contribution is -0.137. The van der Waals surface area contributed by atoms with E-state index in [1.165, 1.54) is 23.3 Å². The number of amides is 1. The molecule has 0 saturated heterocycles. The number of halogens is 4. The van der Waals surface area contributed by atoms with Crippen LogP contribution in [0.25, 0.3) is 11.3 Å². The Bertz CT molecular complexity index is 1080. The summed E-state index contributed by atoms with van der Waals surface area (Å²) in [5.74, 6) is -0.0686. The van der Waals surface area contributed by atoms with E-state index in [0.717, 1.165) is 11.6 Å². The van der Waals surface area contributed by atoms with Gasteiger partial charge in [-0.15, -0.1) is 0 Å². The number of nitrogens with zero attached hydrogens (tertiary/aromatic N) is 4. The summed E-state index contributed by atoms with van der Waals surface area (Å²) in [4.78, 5) is 23.2. The third-order valence-electron chi connectivity index (χ3n) is 4.70. The van der Waals surface area contributed by atoms with E-state index in [4.69, 9.17) is 16.1 Å². The number of benzene rings is 1. The summed E-state index contributed by atoms with van der Waals surface area (Å²) >= 11 is 5.92. The molecular weight excluding hydrogens is 409 g/mol. The van der Waals surface area contributed by atoms with Crippen LogP contribution in [0.15, 0.2) is 35.2 Å². The monoisotopic (exact) mass is 422 g/mol. The highest BCUT2D eigenvalue weighted by Crippen LogP contribution is 2.37. The third-order valence-corrected chi connectivity index (χ3v) is 5.11. The lowest BCUT2D eigenvalue weighted by atomic mass is 9.99. The second kappa shape index (κ2) is 7.14. The van der Waals surface area contributed by atoms with Crippen molar-refractivity contribution < 1.29 is 22.5 Å². The number of carbonyl (C=O) groups is 1. The molecule has 0 unspecified atom stereocenters. The van der Waals surface area contributed by atoms with Crippen LogP contribution >= 0.6 is 11.6 Å². The highest BCUT2D eigenvalue weighted by atomic mass is 35.5. The van der Waals surface area contributed by atoms with Gasteiger partial charge in [-0.25, -0.2) is 9.97 Å². The van der Waals surface area contributed by atoms with Gasteiger partial charge >= 0.3 is 6.18 Å². The summed E-state index contributed by atoms with van der Waals surface area (Å²) in [7, 11) is 0. The molecule has 1 aliphatic rings. The average molecular weight is 423 g/mol. The molecule has 1 amide bonds. The van der Waals surface area contributed by atoms with Crippen molar-refractivity contribution >= 4 is 17.5 Å². The van der Waals surface area contributed by atoms with Gasteiger partial charge in [-0.3, -0.25) is 4.79 Å². The Labute approximate surface area is 168 Å². The van der Waals surface area contributed by atoms with Crippen LogP contribution in [0.2, 0.25) is 5.02 Å². The predicted octanol–water partition coefficient (Wildman–Crippen LogP) is 4.31. The summed E-state index contributed by atoms with van der Waals surface area (Å²) in [6, 6.07) is 3.33. The maximum atomic E-state index is 13.1. The van der Waals surface area contributed by atoms with Gasteiger partial charge in [-0.1, -0.05) is 22.8 Å². The summed E-state index contributed by atoms with van der Waals surface area (Å²) in [5, 5.41) is 3.09. The van der Waals surface area contributed by atoms with Crippen LogP contribution in [-0.2, 0) is 19.1 Å². The van der Waals surface area contributed by atoms with Gasteiger partial charge in [-0.05, 0) is 25.5 Å². The standard InChI is InChI=1S/C19H14ClF3N4O2/c1-10-25-15-8-27(6-5-12(15)17(26-10)11-7-24-29-9-11)18(28)13-3-2-4-14(16(13)20)19(21,22)23/h2-4,7,9H,5-6,8H2,1H3. The van der Waals surface area contributed by atoms with Gasteiger partial charge in [0.05, 0.1) is 45.8 Å². The molecule has 10 heteroatoms. The first-order chi connectivity index (χ1) is 13.8. The first-order valence-corrected chi connectivity index (χ1v) is 9.04. The predicted molar refractivity (Wildman–Crippen MR) is 97.2 cm³/mol. The zero-order valence-corrected chi connectivity index (χ0v) is 15.9. The molecule has 0 spiro atoms. The summed E-state index contributed by atoms with van der Waals surface area (Å²) in [6.07, 6.45) is -1.18. The largest absolute Gasteiger partial charge is 0.417 e.